The lowest BCUT2D eigenvalue weighted by Gasteiger charge is -2.03. The van der Waals surface area contributed by atoms with Crippen LogP contribution in [0.15, 0.2) is 63.4 Å². The number of aromatic nitrogens is 1. The minimum Gasteiger partial charge on any atom is -0.451 e. The molecule has 27 heavy (non-hydrogen) atoms. The minimum absolute atomic E-state index is 0.000312. The molecule has 0 aliphatic carbocycles. The lowest BCUT2D eigenvalue weighted by Crippen LogP contribution is -2.10. The molecule has 4 aromatic rings. The Morgan fingerprint density at radius 2 is 1.74 bits per heavy atom. The van der Waals surface area contributed by atoms with E-state index in [2.05, 4.69) is 10.3 Å². The van der Waals surface area contributed by atoms with Crippen LogP contribution in [-0.4, -0.2) is 16.7 Å². The highest BCUT2D eigenvalue weighted by atomic mass is 16.4. The minimum atomic E-state index is -0.360. The Labute approximate surface area is 154 Å². The van der Waals surface area contributed by atoms with Gasteiger partial charge in [0.15, 0.2) is 23.0 Å². The molecule has 0 fully saturated rings. The van der Waals surface area contributed by atoms with Gasteiger partial charge in [0, 0.05) is 23.7 Å². The number of Topliss-reactive ketones (excluding diaryl/α,β-unsaturated/α-hetero) is 1. The number of hydrogen-bond acceptors (Lipinski definition) is 5. The van der Waals surface area contributed by atoms with Crippen LogP contribution in [-0.2, 0) is 0 Å². The standard InChI is InChI=1S/C21H16N2O4/c1-12(24)14-3-5-15(6-4-14)18-9-10-20(27-18)21(25)23-16-7-8-19-17(11-16)22-13(2)26-19/h3-11H,1-2H3,(H,23,25). The molecule has 2 aromatic carbocycles. The highest BCUT2D eigenvalue weighted by Gasteiger charge is 2.14. The molecule has 2 heterocycles. The molecule has 0 bridgehead atoms. The van der Waals surface area contributed by atoms with Crippen LogP contribution in [0, 0.1) is 6.92 Å². The van der Waals surface area contributed by atoms with E-state index >= 15 is 0 Å². The lowest BCUT2D eigenvalue weighted by atomic mass is 10.1. The Hall–Kier alpha value is -3.67. The molecule has 1 amide bonds. The Kier molecular flexibility index (Phi) is 4.08. The summed E-state index contributed by atoms with van der Waals surface area (Å²) in [5, 5.41) is 2.79. The summed E-state index contributed by atoms with van der Waals surface area (Å²) in [6.45, 7) is 3.29. The van der Waals surface area contributed by atoms with Gasteiger partial charge in [-0.25, -0.2) is 4.98 Å². The molecule has 0 spiro atoms. The first-order chi connectivity index (χ1) is 13.0. The van der Waals surface area contributed by atoms with Crippen LogP contribution in [0.2, 0.25) is 0 Å². The number of rotatable bonds is 4. The van der Waals surface area contributed by atoms with Crippen molar-refractivity contribution in [1.29, 1.82) is 0 Å². The fourth-order valence-corrected chi connectivity index (χ4v) is 2.80. The second-order valence-electron chi connectivity index (χ2n) is 6.17. The van der Waals surface area contributed by atoms with Crippen molar-refractivity contribution in [3.05, 3.63) is 71.8 Å². The molecule has 4 rings (SSSR count). The number of carbonyl (C=O) groups is 2. The number of nitrogens with one attached hydrogen (secondary N) is 1. The predicted octanol–water partition coefficient (Wildman–Crippen LogP) is 4.85. The van der Waals surface area contributed by atoms with E-state index in [1.807, 2.05) is 0 Å². The molecule has 0 atom stereocenters. The van der Waals surface area contributed by atoms with Gasteiger partial charge in [0.1, 0.15) is 11.3 Å². The third-order valence-electron chi connectivity index (χ3n) is 4.16. The monoisotopic (exact) mass is 360 g/mol. The van der Waals surface area contributed by atoms with Crippen molar-refractivity contribution in [3.8, 4) is 11.3 Å². The van der Waals surface area contributed by atoms with Crippen molar-refractivity contribution in [3.63, 3.8) is 0 Å². The van der Waals surface area contributed by atoms with Gasteiger partial charge in [0.05, 0.1) is 0 Å². The Morgan fingerprint density at radius 1 is 0.963 bits per heavy atom. The molecule has 0 aliphatic rings. The summed E-state index contributed by atoms with van der Waals surface area (Å²) in [5.74, 6) is 0.955. The van der Waals surface area contributed by atoms with E-state index in [0.717, 1.165) is 5.56 Å². The fraction of sp³-hybridized carbons (Fsp3) is 0.0952. The van der Waals surface area contributed by atoms with Gasteiger partial charge in [0.2, 0.25) is 0 Å². The zero-order valence-corrected chi connectivity index (χ0v) is 14.8. The zero-order chi connectivity index (χ0) is 19.0. The second kappa shape index (κ2) is 6.57. The maximum Gasteiger partial charge on any atom is 0.291 e. The highest BCUT2D eigenvalue weighted by Crippen LogP contribution is 2.24. The molecule has 2 aromatic heterocycles. The SMILES string of the molecule is CC(=O)c1ccc(-c2ccc(C(=O)Nc3ccc4oc(C)nc4c3)o2)cc1. The number of furan rings is 1. The summed E-state index contributed by atoms with van der Waals surface area (Å²) in [7, 11) is 0. The number of anilines is 1. The summed E-state index contributed by atoms with van der Waals surface area (Å²) in [6, 6.07) is 15.6. The van der Waals surface area contributed by atoms with Crippen LogP contribution < -0.4 is 5.32 Å². The van der Waals surface area contributed by atoms with E-state index in [1.165, 1.54) is 6.92 Å². The number of carbonyl (C=O) groups excluding carboxylic acids is 2. The van der Waals surface area contributed by atoms with Crippen LogP contribution in [0.25, 0.3) is 22.4 Å². The van der Waals surface area contributed by atoms with Crippen molar-refractivity contribution in [2.24, 2.45) is 0 Å². The van der Waals surface area contributed by atoms with E-state index in [9.17, 15) is 9.59 Å². The lowest BCUT2D eigenvalue weighted by molar-refractivity contribution is 0.0994. The zero-order valence-electron chi connectivity index (χ0n) is 14.8. The smallest absolute Gasteiger partial charge is 0.291 e. The third kappa shape index (κ3) is 3.37. The number of aryl methyl sites for hydroxylation is 1. The number of amides is 1. The van der Waals surface area contributed by atoms with Crippen molar-refractivity contribution >= 4 is 28.5 Å². The molecule has 6 nitrogen and oxygen atoms in total. The summed E-state index contributed by atoms with van der Waals surface area (Å²) in [5.41, 5.74) is 3.36. The summed E-state index contributed by atoms with van der Waals surface area (Å²) >= 11 is 0. The van der Waals surface area contributed by atoms with Gasteiger partial charge in [0.25, 0.3) is 5.91 Å². The first kappa shape index (κ1) is 16.8. The molecule has 0 unspecified atom stereocenters. The van der Waals surface area contributed by atoms with Crippen LogP contribution in [0.4, 0.5) is 5.69 Å². The van der Waals surface area contributed by atoms with Crippen LogP contribution in [0.3, 0.4) is 0 Å². The van der Waals surface area contributed by atoms with Crippen LogP contribution >= 0.6 is 0 Å². The van der Waals surface area contributed by atoms with Gasteiger partial charge in [-0.3, -0.25) is 9.59 Å². The van der Waals surface area contributed by atoms with Crippen molar-refractivity contribution in [2.45, 2.75) is 13.8 Å². The highest BCUT2D eigenvalue weighted by molar-refractivity contribution is 6.03. The van der Waals surface area contributed by atoms with Crippen molar-refractivity contribution in [1.82, 2.24) is 4.98 Å². The number of nitrogens with zero attached hydrogens (tertiary/aromatic N) is 1. The largest absolute Gasteiger partial charge is 0.451 e. The van der Waals surface area contributed by atoms with Gasteiger partial charge in [-0.15, -0.1) is 0 Å². The molecule has 0 aliphatic heterocycles. The summed E-state index contributed by atoms with van der Waals surface area (Å²) in [6.07, 6.45) is 0. The van der Waals surface area contributed by atoms with Crippen LogP contribution in [0.5, 0.6) is 0 Å². The molecule has 0 saturated heterocycles. The van der Waals surface area contributed by atoms with Gasteiger partial charge in [-0.2, -0.15) is 0 Å². The number of benzene rings is 2. The molecule has 1 N–H and O–H groups in total. The summed E-state index contributed by atoms with van der Waals surface area (Å²) in [4.78, 5) is 28.1. The molecule has 134 valence electrons. The fourth-order valence-electron chi connectivity index (χ4n) is 2.80. The molecule has 0 saturated carbocycles. The maximum atomic E-state index is 12.5. The Morgan fingerprint density at radius 3 is 2.48 bits per heavy atom. The van der Waals surface area contributed by atoms with Gasteiger partial charge >= 0.3 is 0 Å². The summed E-state index contributed by atoms with van der Waals surface area (Å²) < 4.78 is 11.1. The average molecular weight is 360 g/mol. The van der Waals surface area contributed by atoms with E-state index in [0.29, 0.717) is 34.0 Å². The van der Waals surface area contributed by atoms with Gasteiger partial charge < -0.3 is 14.2 Å². The maximum absolute atomic E-state index is 12.5. The van der Waals surface area contributed by atoms with E-state index in [4.69, 9.17) is 8.83 Å². The second-order valence-corrected chi connectivity index (χ2v) is 6.17. The molecular formula is C21H16N2O4. The third-order valence-corrected chi connectivity index (χ3v) is 4.16. The van der Waals surface area contributed by atoms with Gasteiger partial charge in [-0.1, -0.05) is 24.3 Å². The predicted molar refractivity (Wildman–Crippen MR) is 101 cm³/mol. The average Bonchev–Trinajstić information content (AvgIpc) is 3.27. The normalized spacial score (nSPS) is 10.9. The number of hydrogen-bond donors (Lipinski definition) is 1. The van der Waals surface area contributed by atoms with E-state index in [1.54, 1.807) is 61.5 Å². The van der Waals surface area contributed by atoms with Crippen LogP contribution in [0.1, 0.15) is 33.7 Å². The first-order valence-corrected chi connectivity index (χ1v) is 8.39. The number of oxazole rings is 1. The van der Waals surface area contributed by atoms with E-state index in [-0.39, 0.29) is 17.5 Å². The number of fused-ring (bicyclic) bond motifs is 1. The van der Waals surface area contributed by atoms with Gasteiger partial charge in [-0.05, 0) is 37.3 Å². The van der Waals surface area contributed by atoms with Crippen molar-refractivity contribution in [2.75, 3.05) is 5.32 Å². The topological polar surface area (TPSA) is 85.3 Å². The number of ketones is 1. The first-order valence-electron chi connectivity index (χ1n) is 8.39. The molecule has 6 heteroatoms. The Balaban J connectivity index is 1.53. The Bertz CT molecular complexity index is 1150. The molecule has 0 radical (unpaired) electrons. The van der Waals surface area contributed by atoms with E-state index < -0.39 is 0 Å². The van der Waals surface area contributed by atoms with Crippen molar-refractivity contribution < 1.29 is 18.4 Å². The quantitative estimate of drug-likeness (QED) is 0.526. The molecular weight excluding hydrogens is 344 g/mol.